The molecule has 1 aromatic carbocycles. The lowest BCUT2D eigenvalue weighted by Gasteiger charge is -2.14. The molecule has 0 spiro atoms. The average molecular weight is 332 g/mol. The van der Waals surface area contributed by atoms with Crippen LogP contribution in [0.25, 0.3) is 0 Å². The van der Waals surface area contributed by atoms with Gasteiger partial charge >= 0.3 is 0 Å². The molecule has 7 nitrogen and oxygen atoms in total. The molecular weight excluding hydrogens is 312 g/mol. The topological polar surface area (TPSA) is 84.7 Å². The Labute approximate surface area is 139 Å². The number of hydrogen-bond acceptors (Lipinski definition) is 6. The van der Waals surface area contributed by atoms with Crippen molar-refractivity contribution in [1.29, 1.82) is 0 Å². The van der Waals surface area contributed by atoms with Crippen molar-refractivity contribution in [2.75, 3.05) is 12.3 Å². The van der Waals surface area contributed by atoms with Gasteiger partial charge in [-0.05, 0) is 28.8 Å². The van der Waals surface area contributed by atoms with Crippen LogP contribution in [0.5, 0.6) is 0 Å². The van der Waals surface area contributed by atoms with E-state index >= 15 is 0 Å². The molecule has 3 rings (SSSR count). The van der Waals surface area contributed by atoms with Crippen molar-refractivity contribution in [2.45, 2.75) is 30.1 Å². The van der Waals surface area contributed by atoms with Crippen LogP contribution in [0, 0.1) is 0 Å². The van der Waals surface area contributed by atoms with Crippen molar-refractivity contribution in [3.05, 3.63) is 35.9 Å². The molecule has 8 heteroatoms. The minimum absolute atomic E-state index is 0.0696. The summed E-state index contributed by atoms with van der Waals surface area (Å²) in [6.45, 7) is 0.602. The second-order valence-electron chi connectivity index (χ2n) is 5.48. The first kappa shape index (κ1) is 15.9. The number of carbonyl (C=O) groups excluding carboxylic acids is 1. The zero-order chi connectivity index (χ0) is 16.1. The van der Waals surface area contributed by atoms with Gasteiger partial charge in [0.15, 0.2) is 0 Å². The summed E-state index contributed by atoms with van der Waals surface area (Å²) in [5.41, 5.74) is 1.24. The lowest BCUT2D eigenvalue weighted by atomic mass is 10.1. The van der Waals surface area contributed by atoms with Crippen LogP contribution in [0.3, 0.4) is 0 Å². The fraction of sp³-hybridized carbons (Fsp3) is 0.467. The maximum atomic E-state index is 12.2. The van der Waals surface area contributed by atoms with Crippen molar-refractivity contribution in [3.8, 4) is 0 Å². The summed E-state index contributed by atoms with van der Waals surface area (Å²) < 4.78 is 1.62. The first-order chi connectivity index (χ1) is 11.2. The molecule has 2 atom stereocenters. The van der Waals surface area contributed by atoms with Gasteiger partial charge in [0.1, 0.15) is 0 Å². The number of aromatic nitrogens is 4. The third kappa shape index (κ3) is 4.08. The standard InChI is InChI=1S/C15H20N6OS/c1-21-15(18-19-20-21)23-10-9-16-14(22)13-8-7-12(17-13)11-5-3-2-4-6-11/h2-6,12-13,17H,7-10H2,1H3,(H,16,22)/t12-,13-/m1/s1. The van der Waals surface area contributed by atoms with E-state index in [1.807, 2.05) is 18.2 Å². The van der Waals surface area contributed by atoms with E-state index in [4.69, 9.17) is 0 Å². The van der Waals surface area contributed by atoms with Gasteiger partial charge in [0.25, 0.3) is 0 Å². The Balaban J connectivity index is 1.40. The highest BCUT2D eigenvalue weighted by Crippen LogP contribution is 2.26. The minimum Gasteiger partial charge on any atom is -0.354 e. The van der Waals surface area contributed by atoms with Crippen LogP contribution in [-0.4, -0.2) is 44.5 Å². The maximum absolute atomic E-state index is 12.2. The molecule has 122 valence electrons. The van der Waals surface area contributed by atoms with E-state index in [-0.39, 0.29) is 18.0 Å². The van der Waals surface area contributed by atoms with Gasteiger partial charge < -0.3 is 5.32 Å². The van der Waals surface area contributed by atoms with Crippen molar-refractivity contribution in [2.24, 2.45) is 7.05 Å². The van der Waals surface area contributed by atoms with Gasteiger partial charge in [0.2, 0.25) is 11.1 Å². The van der Waals surface area contributed by atoms with Gasteiger partial charge in [-0.2, -0.15) is 0 Å². The maximum Gasteiger partial charge on any atom is 0.237 e. The molecule has 0 aliphatic carbocycles. The van der Waals surface area contributed by atoms with Crippen LogP contribution < -0.4 is 10.6 Å². The molecule has 1 fully saturated rings. The van der Waals surface area contributed by atoms with E-state index in [1.165, 1.54) is 17.3 Å². The molecule has 1 saturated heterocycles. The molecule has 0 unspecified atom stereocenters. The predicted octanol–water partition coefficient (Wildman–Crippen LogP) is 0.912. The van der Waals surface area contributed by atoms with Crippen LogP contribution >= 0.6 is 11.8 Å². The van der Waals surface area contributed by atoms with Crippen LogP contribution in [0.15, 0.2) is 35.5 Å². The number of hydrogen-bond donors (Lipinski definition) is 2. The summed E-state index contributed by atoms with van der Waals surface area (Å²) in [5, 5.41) is 18.4. The van der Waals surface area contributed by atoms with E-state index < -0.39 is 0 Å². The van der Waals surface area contributed by atoms with E-state index in [2.05, 4.69) is 38.3 Å². The quantitative estimate of drug-likeness (QED) is 0.604. The molecule has 0 radical (unpaired) electrons. The molecule has 2 N–H and O–H groups in total. The molecular formula is C15H20N6OS. The first-order valence-electron chi connectivity index (χ1n) is 7.68. The Bertz CT molecular complexity index is 646. The molecule has 2 aromatic rings. The highest BCUT2D eigenvalue weighted by Gasteiger charge is 2.29. The average Bonchev–Trinajstić information content (AvgIpc) is 3.22. The van der Waals surface area contributed by atoms with Crippen LogP contribution in [0.2, 0.25) is 0 Å². The van der Waals surface area contributed by atoms with Crippen LogP contribution in [-0.2, 0) is 11.8 Å². The Morgan fingerprint density at radius 1 is 1.39 bits per heavy atom. The van der Waals surface area contributed by atoms with Crippen molar-refractivity contribution in [3.63, 3.8) is 0 Å². The van der Waals surface area contributed by atoms with E-state index in [9.17, 15) is 4.79 Å². The number of aryl methyl sites for hydroxylation is 1. The minimum atomic E-state index is -0.110. The summed E-state index contributed by atoms with van der Waals surface area (Å²) in [6, 6.07) is 10.4. The van der Waals surface area contributed by atoms with Crippen molar-refractivity contribution < 1.29 is 4.79 Å². The number of nitrogens with one attached hydrogen (secondary N) is 2. The molecule has 23 heavy (non-hydrogen) atoms. The Hall–Kier alpha value is -1.93. The lowest BCUT2D eigenvalue weighted by Crippen LogP contribution is -2.41. The molecule has 0 bridgehead atoms. The predicted molar refractivity (Wildman–Crippen MR) is 87.9 cm³/mol. The fourth-order valence-corrected chi connectivity index (χ4v) is 3.39. The Kier molecular flexibility index (Phi) is 5.24. The molecule has 1 aliphatic heterocycles. The number of tetrazole rings is 1. The molecule has 2 heterocycles. The van der Waals surface area contributed by atoms with Crippen molar-refractivity contribution >= 4 is 17.7 Å². The first-order valence-corrected chi connectivity index (χ1v) is 8.66. The largest absolute Gasteiger partial charge is 0.354 e. The number of rotatable bonds is 6. The summed E-state index contributed by atoms with van der Waals surface area (Å²) in [6.07, 6.45) is 1.85. The fourth-order valence-electron chi connectivity index (χ4n) is 2.68. The van der Waals surface area contributed by atoms with Crippen molar-refractivity contribution in [1.82, 2.24) is 30.8 Å². The monoisotopic (exact) mass is 332 g/mol. The third-order valence-electron chi connectivity index (χ3n) is 3.88. The smallest absolute Gasteiger partial charge is 0.237 e. The summed E-state index contributed by atoms with van der Waals surface area (Å²) >= 11 is 1.53. The number of amides is 1. The Morgan fingerprint density at radius 2 is 2.22 bits per heavy atom. The van der Waals surface area contributed by atoms with Crippen LogP contribution in [0.4, 0.5) is 0 Å². The number of benzene rings is 1. The second-order valence-corrected chi connectivity index (χ2v) is 6.55. The molecule has 0 saturated carbocycles. The van der Waals surface area contributed by atoms with Gasteiger partial charge in [-0.3, -0.25) is 10.1 Å². The van der Waals surface area contributed by atoms with Gasteiger partial charge in [-0.15, -0.1) is 5.10 Å². The number of nitrogens with zero attached hydrogens (tertiary/aromatic N) is 4. The number of thioether (sulfide) groups is 1. The zero-order valence-electron chi connectivity index (χ0n) is 13.0. The zero-order valence-corrected chi connectivity index (χ0v) is 13.8. The second kappa shape index (κ2) is 7.56. The van der Waals surface area contributed by atoms with E-state index in [0.29, 0.717) is 6.54 Å². The molecule has 1 amide bonds. The normalized spacial score (nSPS) is 20.6. The molecule has 1 aromatic heterocycles. The highest BCUT2D eigenvalue weighted by molar-refractivity contribution is 7.99. The highest BCUT2D eigenvalue weighted by atomic mass is 32.2. The van der Waals surface area contributed by atoms with Gasteiger partial charge in [-0.25, -0.2) is 4.68 Å². The SMILES string of the molecule is Cn1nnnc1SCCNC(=O)[C@H]1CC[C@H](c2ccccc2)N1. The third-order valence-corrected chi connectivity index (χ3v) is 4.89. The lowest BCUT2D eigenvalue weighted by molar-refractivity contribution is -0.122. The van der Waals surface area contributed by atoms with Crippen LogP contribution in [0.1, 0.15) is 24.4 Å². The summed E-state index contributed by atoms with van der Waals surface area (Å²) in [5.74, 6) is 0.814. The van der Waals surface area contributed by atoms with E-state index in [1.54, 1.807) is 11.7 Å². The van der Waals surface area contributed by atoms with Gasteiger partial charge in [0.05, 0.1) is 6.04 Å². The molecule has 1 aliphatic rings. The summed E-state index contributed by atoms with van der Waals surface area (Å²) in [4.78, 5) is 12.2. The van der Waals surface area contributed by atoms with Gasteiger partial charge in [0, 0.05) is 25.4 Å². The van der Waals surface area contributed by atoms with E-state index in [0.717, 1.165) is 23.8 Å². The summed E-state index contributed by atoms with van der Waals surface area (Å²) in [7, 11) is 1.80. The Morgan fingerprint density at radius 3 is 2.96 bits per heavy atom. The van der Waals surface area contributed by atoms with Gasteiger partial charge in [-0.1, -0.05) is 42.1 Å². The number of carbonyl (C=O) groups is 1.